The maximum absolute atomic E-state index is 12.4. The van der Waals surface area contributed by atoms with Crippen molar-refractivity contribution in [3.63, 3.8) is 0 Å². The Morgan fingerprint density at radius 3 is 2.63 bits per heavy atom. The first-order chi connectivity index (χ1) is 13.2. The van der Waals surface area contributed by atoms with E-state index in [1.807, 2.05) is 24.3 Å². The zero-order valence-electron chi connectivity index (χ0n) is 15.3. The van der Waals surface area contributed by atoms with Gasteiger partial charge in [-0.2, -0.15) is 0 Å². The van der Waals surface area contributed by atoms with E-state index >= 15 is 0 Å². The first-order valence-electron chi connectivity index (χ1n) is 9.12. The van der Waals surface area contributed by atoms with Gasteiger partial charge in [0.2, 0.25) is 0 Å². The van der Waals surface area contributed by atoms with E-state index in [9.17, 15) is 4.79 Å². The van der Waals surface area contributed by atoms with Crippen LogP contribution in [-0.2, 0) is 9.47 Å². The lowest BCUT2D eigenvalue weighted by atomic mass is 10.0. The summed E-state index contributed by atoms with van der Waals surface area (Å²) in [5.74, 6) is 0.0508. The number of aromatic nitrogens is 1. The molecular formula is C20H23N3O4. The Morgan fingerprint density at radius 1 is 1.19 bits per heavy atom. The van der Waals surface area contributed by atoms with Crippen molar-refractivity contribution in [3.8, 4) is 5.75 Å². The average Bonchev–Trinajstić information content (AvgIpc) is 3.17. The molecule has 0 saturated carbocycles. The number of hydrogen-bond donors (Lipinski definition) is 1. The summed E-state index contributed by atoms with van der Waals surface area (Å²) in [6.45, 7) is 3.05. The van der Waals surface area contributed by atoms with E-state index in [2.05, 4.69) is 15.2 Å². The van der Waals surface area contributed by atoms with Gasteiger partial charge in [-0.1, -0.05) is 6.07 Å². The maximum Gasteiger partial charge on any atom is 0.274 e. The van der Waals surface area contributed by atoms with E-state index in [0.29, 0.717) is 30.3 Å². The summed E-state index contributed by atoms with van der Waals surface area (Å²) < 4.78 is 16.7. The number of carbonyl (C=O) groups is 1. The number of piperidine rings is 1. The normalized spacial score (nSPS) is 18.5. The van der Waals surface area contributed by atoms with Gasteiger partial charge < -0.3 is 24.4 Å². The number of benzene rings is 1. The molecule has 3 heterocycles. The lowest BCUT2D eigenvalue weighted by molar-refractivity contribution is -0.169. The number of nitrogens with zero attached hydrogens (tertiary/aromatic N) is 2. The van der Waals surface area contributed by atoms with Crippen LogP contribution in [0.25, 0.3) is 0 Å². The summed E-state index contributed by atoms with van der Waals surface area (Å²) in [7, 11) is 1.59. The lowest BCUT2D eigenvalue weighted by Crippen LogP contribution is -2.45. The fourth-order valence-corrected chi connectivity index (χ4v) is 3.49. The van der Waals surface area contributed by atoms with E-state index in [1.54, 1.807) is 25.4 Å². The van der Waals surface area contributed by atoms with Gasteiger partial charge in [0.25, 0.3) is 5.91 Å². The quantitative estimate of drug-likeness (QED) is 0.893. The van der Waals surface area contributed by atoms with Crippen LogP contribution in [-0.4, -0.2) is 50.1 Å². The maximum atomic E-state index is 12.4. The molecular weight excluding hydrogens is 346 g/mol. The number of nitrogens with one attached hydrogen (secondary N) is 1. The summed E-state index contributed by atoms with van der Waals surface area (Å²) in [5.41, 5.74) is 2.04. The molecule has 4 rings (SSSR count). The standard InChI is InChI=1S/C20H23N3O4/c1-25-17-4-2-3-15(13-17)22-19(24)18-6-5-16(14-21-18)23-9-7-20(8-10-23)26-11-12-27-20/h2-6,13-14H,7-12H2,1H3,(H,22,24). The fourth-order valence-electron chi connectivity index (χ4n) is 3.49. The molecule has 0 unspecified atom stereocenters. The van der Waals surface area contributed by atoms with Gasteiger partial charge >= 0.3 is 0 Å². The van der Waals surface area contributed by atoms with E-state index in [-0.39, 0.29) is 11.7 Å². The zero-order chi connectivity index (χ0) is 18.7. The van der Waals surface area contributed by atoms with E-state index in [4.69, 9.17) is 14.2 Å². The van der Waals surface area contributed by atoms with Crippen LogP contribution >= 0.6 is 0 Å². The highest BCUT2D eigenvalue weighted by Crippen LogP contribution is 2.33. The molecule has 1 amide bonds. The lowest BCUT2D eigenvalue weighted by Gasteiger charge is -2.38. The molecule has 2 aliphatic heterocycles. The van der Waals surface area contributed by atoms with Gasteiger partial charge in [-0.15, -0.1) is 0 Å². The molecule has 1 spiro atoms. The van der Waals surface area contributed by atoms with Crippen LogP contribution in [0.5, 0.6) is 5.75 Å². The Morgan fingerprint density at radius 2 is 1.96 bits per heavy atom. The third kappa shape index (κ3) is 3.89. The van der Waals surface area contributed by atoms with Gasteiger partial charge in [-0.3, -0.25) is 4.79 Å². The molecule has 0 radical (unpaired) electrons. The van der Waals surface area contributed by atoms with Crippen LogP contribution < -0.4 is 15.0 Å². The molecule has 0 aliphatic carbocycles. The van der Waals surface area contributed by atoms with Crippen molar-refractivity contribution in [2.45, 2.75) is 18.6 Å². The van der Waals surface area contributed by atoms with Crippen LogP contribution in [0.3, 0.4) is 0 Å². The predicted molar refractivity (Wildman–Crippen MR) is 101 cm³/mol. The first kappa shape index (κ1) is 17.8. The Labute approximate surface area is 158 Å². The highest BCUT2D eigenvalue weighted by atomic mass is 16.7. The molecule has 7 heteroatoms. The molecule has 7 nitrogen and oxygen atoms in total. The van der Waals surface area contributed by atoms with Crippen LogP contribution in [0.4, 0.5) is 11.4 Å². The van der Waals surface area contributed by atoms with E-state index in [1.165, 1.54) is 0 Å². The Bertz CT molecular complexity index is 793. The molecule has 1 aromatic heterocycles. The Balaban J connectivity index is 1.37. The second-order valence-electron chi connectivity index (χ2n) is 6.68. The monoisotopic (exact) mass is 369 g/mol. The van der Waals surface area contributed by atoms with Crippen LogP contribution in [0.1, 0.15) is 23.3 Å². The van der Waals surface area contributed by atoms with Gasteiger partial charge in [-0.25, -0.2) is 4.98 Å². The minimum absolute atomic E-state index is 0.250. The number of carbonyl (C=O) groups excluding carboxylic acids is 1. The van der Waals surface area contributed by atoms with Crippen LogP contribution in [0.15, 0.2) is 42.6 Å². The third-order valence-electron chi connectivity index (χ3n) is 5.01. The highest BCUT2D eigenvalue weighted by molar-refractivity contribution is 6.03. The van der Waals surface area contributed by atoms with Crippen LogP contribution in [0, 0.1) is 0 Å². The molecule has 2 aliphatic rings. The van der Waals surface area contributed by atoms with E-state index in [0.717, 1.165) is 31.6 Å². The summed E-state index contributed by atoms with van der Waals surface area (Å²) in [4.78, 5) is 19.0. The summed E-state index contributed by atoms with van der Waals surface area (Å²) in [6, 6.07) is 10.9. The molecule has 2 saturated heterocycles. The second kappa shape index (κ2) is 7.54. The summed E-state index contributed by atoms with van der Waals surface area (Å²) in [5, 5.41) is 2.84. The van der Waals surface area contributed by atoms with Crippen molar-refractivity contribution in [2.24, 2.45) is 0 Å². The first-order valence-corrected chi connectivity index (χ1v) is 9.12. The number of ether oxygens (including phenoxy) is 3. The number of anilines is 2. The third-order valence-corrected chi connectivity index (χ3v) is 5.01. The Hall–Kier alpha value is -2.64. The fraction of sp³-hybridized carbons (Fsp3) is 0.400. The molecule has 0 atom stereocenters. The Kier molecular flexibility index (Phi) is 4.96. The number of pyridine rings is 1. The smallest absolute Gasteiger partial charge is 0.274 e. The molecule has 2 fully saturated rings. The van der Waals surface area contributed by atoms with Crippen molar-refractivity contribution in [3.05, 3.63) is 48.3 Å². The molecule has 1 aromatic carbocycles. The SMILES string of the molecule is COc1cccc(NC(=O)c2ccc(N3CCC4(CC3)OCCO4)cn2)c1. The number of rotatable bonds is 4. The molecule has 142 valence electrons. The zero-order valence-corrected chi connectivity index (χ0v) is 15.3. The minimum Gasteiger partial charge on any atom is -0.497 e. The number of amides is 1. The largest absolute Gasteiger partial charge is 0.497 e. The van der Waals surface area contributed by atoms with Gasteiger partial charge in [0.15, 0.2) is 5.79 Å². The molecule has 27 heavy (non-hydrogen) atoms. The van der Waals surface area contributed by atoms with Crippen molar-refractivity contribution >= 4 is 17.3 Å². The van der Waals surface area contributed by atoms with Gasteiger partial charge in [-0.05, 0) is 24.3 Å². The van der Waals surface area contributed by atoms with Crippen molar-refractivity contribution < 1.29 is 19.0 Å². The highest BCUT2D eigenvalue weighted by Gasteiger charge is 2.39. The van der Waals surface area contributed by atoms with Crippen molar-refractivity contribution in [2.75, 3.05) is 43.6 Å². The molecule has 2 aromatic rings. The minimum atomic E-state index is -0.388. The van der Waals surface area contributed by atoms with Gasteiger partial charge in [0.1, 0.15) is 11.4 Å². The second-order valence-corrected chi connectivity index (χ2v) is 6.68. The molecule has 1 N–H and O–H groups in total. The molecule has 0 bridgehead atoms. The van der Waals surface area contributed by atoms with Gasteiger partial charge in [0.05, 0.1) is 32.2 Å². The topological polar surface area (TPSA) is 72.9 Å². The van der Waals surface area contributed by atoms with Crippen molar-refractivity contribution in [1.29, 1.82) is 0 Å². The summed E-state index contributed by atoms with van der Waals surface area (Å²) in [6.07, 6.45) is 3.42. The predicted octanol–water partition coefficient (Wildman–Crippen LogP) is 2.69. The number of hydrogen-bond acceptors (Lipinski definition) is 6. The van der Waals surface area contributed by atoms with Crippen molar-refractivity contribution in [1.82, 2.24) is 4.98 Å². The number of methoxy groups -OCH3 is 1. The summed E-state index contributed by atoms with van der Waals surface area (Å²) >= 11 is 0. The average molecular weight is 369 g/mol. The van der Waals surface area contributed by atoms with Gasteiger partial charge in [0, 0.05) is 37.7 Å². The van der Waals surface area contributed by atoms with E-state index < -0.39 is 0 Å². The van der Waals surface area contributed by atoms with Crippen LogP contribution in [0.2, 0.25) is 0 Å².